The maximum absolute atomic E-state index is 12.4. The summed E-state index contributed by atoms with van der Waals surface area (Å²) in [6.07, 6.45) is 0.330. The van der Waals surface area contributed by atoms with Crippen molar-refractivity contribution in [2.45, 2.75) is 12.5 Å². The van der Waals surface area contributed by atoms with Crippen molar-refractivity contribution in [1.82, 2.24) is 15.1 Å². The van der Waals surface area contributed by atoms with E-state index in [0.29, 0.717) is 18.7 Å². The van der Waals surface area contributed by atoms with Crippen LogP contribution in [0.15, 0.2) is 24.3 Å². The number of ether oxygens (including phenoxy) is 1. The molecule has 1 N–H and O–H groups in total. The molecule has 3 amide bonds. The second kappa shape index (κ2) is 7.09. The molecule has 0 radical (unpaired) electrons. The first-order valence-corrected chi connectivity index (χ1v) is 8.25. The van der Waals surface area contributed by atoms with Crippen LogP contribution in [0.25, 0.3) is 0 Å². The highest BCUT2D eigenvalue weighted by Crippen LogP contribution is 2.25. The first-order chi connectivity index (χ1) is 11.6. The van der Waals surface area contributed by atoms with E-state index in [1.165, 1.54) is 0 Å². The largest absolute Gasteiger partial charge is 0.497 e. The highest BCUT2D eigenvalue weighted by Gasteiger charge is 2.33. The number of urea groups is 1. The summed E-state index contributed by atoms with van der Waals surface area (Å²) in [5, 5.41) is 3.00. The molecule has 0 aliphatic carbocycles. The number of rotatable bonds is 3. The molecular weight excluding hydrogens is 308 g/mol. The standard InChI is InChI=1S/C17H24N4O3/c1-19-6-8-20(9-7-19)17(23)18-13-10-16(22)21(12-13)14-4-3-5-15(11-14)24-2/h3-5,11,13H,6-10,12H2,1-2H3,(H,18,23)/t13-/m0/s1. The van der Waals surface area contributed by atoms with E-state index in [0.717, 1.165) is 31.9 Å². The van der Waals surface area contributed by atoms with Gasteiger partial charge in [-0.15, -0.1) is 0 Å². The van der Waals surface area contributed by atoms with Crippen molar-refractivity contribution >= 4 is 17.6 Å². The van der Waals surface area contributed by atoms with E-state index in [2.05, 4.69) is 17.3 Å². The van der Waals surface area contributed by atoms with Gasteiger partial charge in [0.25, 0.3) is 0 Å². The minimum atomic E-state index is -0.157. The van der Waals surface area contributed by atoms with Gasteiger partial charge in [0.1, 0.15) is 5.75 Å². The Labute approximate surface area is 142 Å². The number of hydrogen-bond donors (Lipinski definition) is 1. The van der Waals surface area contributed by atoms with Crippen molar-refractivity contribution < 1.29 is 14.3 Å². The lowest BCUT2D eigenvalue weighted by molar-refractivity contribution is -0.117. The number of carbonyl (C=O) groups is 2. The molecule has 0 aromatic heterocycles. The summed E-state index contributed by atoms with van der Waals surface area (Å²) in [5.41, 5.74) is 0.802. The number of amides is 3. The Hall–Kier alpha value is -2.28. The van der Waals surface area contributed by atoms with Crippen LogP contribution >= 0.6 is 0 Å². The fourth-order valence-corrected chi connectivity index (χ4v) is 3.11. The van der Waals surface area contributed by atoms with E-state index in [1.54, 1.807) is 12.0 Å². The molecule has 24 heavy (non-hydrogen) atoms. The second-order valence-corrected chi connectivity index (χ2v) is 6.35. The van der Waals surface area contributed by atoms with Gasteiger partial charge in [-0.05, 0) is 19.2 Å². The third-order valence-corrected chi connectivity index (χ3v) is 4.61. The van der Waals surface area contributed by atoms with Crippen LogP contribution in [0.1, 0.15) is 6.42 Å². The number of piperazine rings is 1. The number of nitrogens with zero attached hydrogens (tertiary/aromatic N) is 3. The molecule has 1 atom stereocenters. The number of likely N-dealkylation sites (N-methyl/N-ethyl adjacent to an activating group) is 1. The Morgan fingerprint density at radius 3 is 2.71 bits per heavy atom. The Morgan fingerprint density at radius 2 is 2.00 bits per heavy atom. The van der Waals surface area contributed by atoms with Gasteiger partial charge >= 0.3 is 6.03 Å². The average Bonchev–Trinajstić information content (AvgIpc) is 2.95. The van der Waals surface area contributed by atoms with E-state index < -0.39 is 0 Å². The van der Waals surface area contributed by atoms with E-state index >= 15 is 0 Å². The molecule has 2 aliphatic rings. The monoisotopic (exact) mass is 332 g/mol. The topological polar surface area (TPSA) is 65.1 Å². The molecule has 0 spiro atoms. The quantitative estimate of drug-likeness (QED) is 0.887. The van der Waals surface area contributed by atoms with Crippen LogP contribution in [0.2, 0.25) is 0 Å². The molecule has 2 heterocycles. The molecule has 7 heteroatoms. The Kier molecular flexibility index (Phi) is 4.89. The van der Waals surface area contributed by atoms with Gasteiger partial charge < -0.3 is 24.8 Å². The highest BCUT2D eigenvalue weighted by molar-refractivity contribution is 5.97. The van der Waals surface area contributed by atoms with Gasteiger partial charge in [-0.25, -0.2) is 4.79 Å². The number of benzene rings is 1. The molecule has 1 aromatic carbocycles. The third kappa shape index (κ3) is 3.62. The summed E-state index contributed by atoms with van der Waals surface area (Å²) in [5.74, 6) is 0.733. The van der Waals surface area contributed by atoms with Crippen LogP contribution in [0.5, 0.6) is 5.75 Å². The average molecular weight is 332 g/mol. The van der Waals surface area contributed by atoms with Gasteiger partial charge in [-0.1, -0.05) is 6.07 Å². The molecule has 130 valence electrons. The SMILES string of the molecule is COc1cccc(N2C[C@@H](NC(=O)N3CCN(C)CC3)CC2=O)c1. The van der Waals surface area contributed by atoms with Crippen LogP contribution in [0.4, 0.5) is 10.5 Å². The Balaban J connectivity index is 1.59. The Morgan fingerprint density at radius 1 is 1.25 bits per heavy atom. The molecule has 1 aromatic rings. The van der Waals surface area contributed by atoms with Crippen molar-refractivity contribution in [3.63, 3.8) is 0 Å². The zero-order valence-corrected chi connectivity index (χ0v) is 14.2. The van der Waals surface area contributed by atoms with E-state index in [9.17, 15) is 9.59 Å². The third-order valence-electron chi connectivity index (χ3n) is 4.61. The predicted molar refractivity (Wildman–Crippen MR) is 91.4 cm³/mol. The zero-order chi connectivity index (χ0) is 17.1. The van der Waals surface area contributed by atoms with Crippen LogP contribution in [0.3, 0.4) is 0 Å². The minimum Gasteiger partial charge on any atom is -0.497 e. The number of methoxy groups -OCH3 is 1. The molecule has 0 saturated carbocycles. The zero-order valence-electron chi connectivity index (χ0n) is 14.2. The molecule has 2 fully saturated rings. The number of anilines is 1. The van der Waals surface area contributed by atoms with Crippen molar-refractivity contribution in [3.05, 3.63) is 24.3 Å². The molecule has 2 saturated heterocycles. The summed E-state index contributed by atoms with van der Waals surface area (Å²) in [6.45, 7) is 3.70. The fourth-order valence-electron chi connectivity index (χ4n) is 3.11. The van der Waals surface area contributed by atoms with Crippen LogP contribution in [-0.2, 0) is 4.79 Å². The summed E-state index contributed by atoms with van der Waals surface area (Å²) in [4.78, 5) is 30.4. The molecule has 3 rings (SSSR count). The van der Waals surface area contributed by atoms with Gasteiger partial charge in [0.2, 0.25) is 5.91 Å². The maximum Gasteiger partial charge on any atom is 0.317 e. The first-order valence-electron chi connectivity index (χ1n) is 8.25. The molecule has 7 nitrogen and oxygen atoms in total. The number of nitrogens with one attached hydrogen (secondary N) is 1. The lowest BCUT2D eigenvalue weighted by Crippen LogP contribution is -2.52. The normalized spacial score (nSPS) is 21.9. The highest BCUT2D eigenvalue weighted by atomic mass is 16.5. The van der Waals surface area contributed by atoms with E-state index in [-0.39, 0.29) is 18.0 Å². The summed E-state index contributed by atoms with van der Waals surface area (Å²) >= 11 is 0. The van der Waals surface area contributed by atoms with Crippen LogP contribution in [-0.4, -0.2) is 74.7 Å². The minimum absolute atomic E-state index is 0.0203. The first kappa shape index (κ1) is 16.6. The molecule has 0 bridgehead atoms. The van der Waals surface area contributed by atoms with Gasteiger partial charge in [0, 0.05) is 50.9 Å². The lowest BCUT2D eigenvalue weighted by Gasteiger charge is -2.33. The molecule has 2 aliphatic heterocycles. The van der Waals surface area contributed by atoms with Crippen molar-refractivity contribution in [2.75, 3.05) is 51.8 Å². The van der Waals surface area contributed by atoms with E-state index in [1.807, 2.05) is 29.2 Å². The van der Waals surface area contributed by atoms with E-state index in [4.69, 9.17) is 4.74 Å². The van der Waals surface area contributed by atoms with Gasteiger partial charge in [0.15, 0.2) is 0 Å². The summed E-state index contributed by atoms with van der Waals surface area (Å²) in [6, 6.07) is 7.19. The fraction of sp³-hybridized carbons (Fsp3) is 0.529. The van der Waals surface area contributed by atoms with Crippen molar-refractivity contribution in [1.29, 1.82) is 0 Å². The maximum atomic E-state index is 12.4. The smallest absolute Gasteiger partial charge is 0.317 e. The van der Waals surface area contributed by atoms with Crippen LogP contribution in [0, 0.1) is 0 Å². The summed E-state index contributed by atoms with van der Waals surface area (Å²) in [7, 11) is 3.65. The van der Waals surface area contributed by atoms with Gasteiger partial charge in [-0.3, -0.25) is 4.79 Å². The predicted octanol–water partition coefficient (Wildman–Crippen LogP) is 0.758. The summed E-state index contributed by atoms with van der Waals surface area (Å²) < 4.78 is 5.21. The lowest BCUT2D eigenvalue weighted by atomic mass is 10.2. The number of hydrogen-bond acceptors (Lipinski definition) is 4. The second-order valence-electron chi connectivity index (χ2n) is 6.35. The van der Waals surface area contributed by atoms with Gasteiger partial charge in [-0.2, -0.15) is 0 Å². The molecular formula is C17H24N4O3. The Bertz CT molecular complexity index is 614. The van der Waals surface area contributed by atoms with Crippen molar-refractivity contribution in [3.8, 4) is 5.75 Å². The molecule has 0 unspecified atom stereocenters. The van der Waals surface area contributed by atoms with Crippen LogP contribution < -0.4 is 15.0 Å². The number of carbonyl (C=O) groups excluding carboxylic acids is 2. The van der Waals surface area contributed by atoms with Gasteiger partial charge in [0.05, 0.1) is 13.2 Å². The van der Waals surface area contributed by atoms with Crippen molar-refractivity contribution in [2.24, 2.45) is 0 Å².